The Kier molecular flexibility index (Phi) is 35.3. The first kappa shape index (κ1) is 45.8. The number of carbonyl (C=O) groups excluding carboxylic acids is 2. The van der Waals surface area contributed by atoms with Gasteiger partial charge in [0, 0.05) is 12.8 Å². The van der Waals surface area contributed by atoms with Crippen LogP contribution in [0.2, 0.25) is 0 Å². The lowest BCUT2D eigenvalue weighted by atomic mass is 10.0. The summed E-state index contributed by atoms with van der Waals surface area (Å²) >= 11 is 0. The fourth-order valence-electron chi connectivity index (χ4n) is 5.81. The number of quaternary nitrogens is 1. The molecule has 0 aliphatic carbocycles. The number of unbranched alkanes of at least 4 members (excludes halogenated alkanes) is 24. The van der Waals surface area contributed by atoms with Gasteiger partial charge in [0.1, 0.15) is 13.2 Å². The Hall–Kier alpha value is -0.370. The Balaban J connectivity index is 0. The van der Waals surface area contributed by atoms with E-state index in [1.807, 2.05) is 0 Å². The molecule has 0 saturated carbocycles. The number of ether oxygens (including phenoxy) is 2. The van der Waals surface area contributed by atoms with Crippen molar-refractivity contribution in [3.8, 4) is 0 Å². The van der Waals surface area contributed by atoms with Crippen LogP contribution in [-0.2, 0) is 19.1 Å². The predicted molar refractivity (Wildman–Crippen MR) is 184 cm³/mol. The summed E-state index contributed by atoms with van der Waals surface area (Å²) in [5, 5.41) is 0. The van der Waals surface area contributed by atoms with Gasteiger partial charge >= 0.3 is 11.9 Å². The van der Waals surface area contributed by atoms with Crippen molar-refractivity contribution in [2.75, 3.05) is 34.3 Å². The lowest BCUT2D eigenvalue weighted by molar-refractivity contribution is -0.873. The van der Waals surface area contributed by atoms with Crippen LogP contribution < -0.4 is 24.0 Å². The summed E-state index contributed by atoms with van der Waals surface area (Å²) in [7, 11) is 6.22. The van der Waals surface area contributed by atoms with E-state index in [1.165, 1.54) is 141 Å². The van der Waals surface area contributed by atoms with Crippen molar-refractivity contribution in [2.45, 2.75) is 200 Å². The maximum absolute atomic E-state index is 12.5. The van der Waals surface area contributed by atoms with E-state index in [-0.39, 0.29) is 48.6 Å². The highest BCUT2D eigenvalue weighted by molar-refractivity contribution is 5.70. The molecule has 0 N–H and O–H groups in total. The molecule has 1 atom stereocenters. The molecule has 0 bridgehead atoms. The second kappa shape index (κ2) is 34.0. The van der Waals surface area contributed by atoms with Crippen LogP contribution in [0.4, 0.5) is 0 Å². The van der Waals surface area contributed by atoms with Gasteiger partial charge < -0.3 is 37.9 Å². The monoisotopic (exact) mass is 737 g/mol. The SMILES string of the molecule is CCCCCCCCCCCCCCCC(=O)OCC(C[N+](C)(C)C)OC(=O)CCCCCCCCCCCCCCC.[I-]. The summed E-state index contributed by atoms with van der Waals surface area (Å²) in [5.74, 6) is -0.323. The van der Waals surface area contributed by atoms with E-state index in [1.54, 1.807) is 0 Å². The standard InChI is InChI=1S/C38H76NO4.HI/c1-6-8-10-12-14-16-18-20-22-24-26-28-30-32-37(40)42-35-36(34-39(3,4)5)43-38(41)33-31-29-27-25-23-21-19-17-15-13-11-9-7-2;/h36H,6-35H2,1-5H3;1H/q+1;/p-1. The van der Waals surface area contributed by atoms with Crippen molar-refractivity contribution < 1.29 is 47.5 Å². The van der Waals surface area contributed by atoms with E-state index >= 15 is 0 Å². The number of nitrogens with zero attached hydrogens (tertiary/aromatic N) is 1. The van der Waals surface area contributed by atoms with E-state index in [0.29, 0.717) is 23.9 Å². The molecule has 0 fully saturated rings. The van der Waals surface area contributed by atoms with Gasteiger partial charge in [0.15, 0.2) is 6.10 Å². The number of hydrogen-bond acceptors (Lipinski definition) is 4. The molecule has 6 heteroatoms. The van der Waals surface area contributed by atoms with E-state index in [9.17, 15) is 9.59 Å². The summed E-state index contributed by atoms with van der Waals surface area (Å²) in [4.78, 5) is 24.9. The first-order valence-electron chi connectivity index (χ1n) is 18.9. The first-order valence-corrected chi connectivity index (χ1v) is 18.9. The van der Waals surface area contributed by atoms with Crippen LogP contribution in [0.15, 0.2) is 0 Å². The van der Waals surface area contributed by atoms with Gasteiger partial charge in [0.05, 0.1) is 21.1 Å². The average Bonchev–Trinajstić information content (AvgIpc) is 2.96. The van der Waals surface area contributed by atoms with Gasteiger partial charge in [0.2, 0.25) is 0 Å². The number of likely N-dealkylation sites (N-methyl/N-ethyl adjacent to an activating group) is 1. The molecule has 1 unspecified atom stereocenters. The van der Waals surface area contributed by atoms with Crippen LogP contribution in [0.25, 0.3) is 0 Å². The third kappa shape index (κ3) is 36.1. The average molecular weight is 738 g/mol. The van der Waals surface area contributed by atoms with Crippen LogP contribution >= 0.6 is 0 Å². The Morgan fingerprint density at radius 3 is 1.09 bits per heavy atom. The predicted octanol–water partition coefficient (Wildman–Crippen LogP) is 8.11. The molecule has 0 aromatic carbocycles. The molecule has 0 saturated heterocycles. The molecular weight excluding hydrogens is 661 g/mol. The zero-order valence-electron chi connectivity index (χ0n) is 30.2. The molecular formula is C38H76INO4. The van der Waals surface area contributed by atoms with E-state index in [0.717, 1.165) is 25.7 Å². The number of hydrogen-bond donors (Lipinski definition) is 0. The number of carbonyl (C=O) groups is 2. The fourth-order valence-corrected chi connectivity index (χ4v) is 5.81. The second-order valence-electron chi connectivity index (χ2n) is 14.3. The van der Waals surface area contributed by atoms with Crippen molar-refractivity contribution in [2.24, 2.45) is 0 Å². The quantitative estimate of drug-likeness (QED) is 0.0296. The van der Waals surface area contributed by atoms with Crippen molar-refractivity contribution in [3.63, 3.8) is 0 Å². The lowest BCUT2D eigenvalue weighted by Crippen LogP contribution is -3.00. The Morgan fingerprint density at radius 1 is 0.477 bits per heavy atom. The molecule has 0 aromatic rings. The maximum Gasteiger partial charge on any atom is 0.306 e. The van der Waals surface area contributed by atoms with Gasteiger partial charge in [-0.05, 0) is 12.8 Å². The molecule has 264 valence electrons. The van der Waals surface area contributed by atoms with E-state index in [2.05, 4.69) is 35.0 Å². The summed E-state index contributed by atoms with van der Waals surface area (Å²) in [5.41, 5.74) is 0. The molecule has 0 radical (unpaired) electrons. The fraction of sp³-hybridized carbons (Fsp3) is 0.947. The van der Waals surface area contributed by atoms with E-state index in [4.69, 9.17) is 9.47 Å². The van der Waals surface area contributed by atoms with Crippen LogP contribution in [0.3, 0.4) is 0 Å². The third-order valence-corrected chi connectivity index (χ3v) is 8.45. The Morgan fingerprint density at radius 2 is 0.773 bits per heavy atom. The van der Waals surface area contributed by atoms with Crippen LogP contribution in [0.1, 0.15) is 194 Å². The van der Waals surface area contributed by atoms with Crippen molar-refractivity contribution in [1.82, 2.24) is 0 Å². The molecule has 5 nitrogen and oxygen atoms in total. The highest BCUT2D eigenvalue weighted by atomic mass is 127. The number of esters is 2. The molecule has 0 heterocycles. The zero-order chi connectivity index (χ0) is 31.9. The van der Waals surface area contributed by atoms with Gasteiger partial charge in [-0.25, -0.2) is 0 Å². The van der Waals surface area contributed by atoms with Gasteiger partial charge in [-0.1, -0.05) is 168 Å². The number of halogens is 1. The third-order valence-electron chi connectivity index (χ3n) is 8.45. The minimum atomic E-state index is -0.384. The van der Waals surface area contributed by atoms with E-state index < -0.39 is 0 Å². The normalized spacial score (nSPS) is 12.1. The van der Waals surface area contributed by atoms with Crippen molar-refractivity contribution in [3.05, 3.63) is 0 Å². The lowest BCUT2D eigenvalue weighted by Gasteiger charge is -2.28. The summed E-state index contributed by atoms with van der Waals surface area (Å²) < 4.78 is 12.0. The maximum atomic E-state index is 12.5. The summed E-state index contributed by atoms with van der Waals surface area (Å²) in [6, 6.07) is 0. The smallest absolute Gasteiger partial charge is 0.306 e. The molecule has 0 aliphatic heterocycles. The van der Waals surface area contributed by atoms with Crippen LogP contribution in [-0.4, -0.2) is 56.8 Å². The molecule has 0 aliphatic rings. The minimum absolute atomic E-state index is 0. The van der Waals surface area contributed by atoms with Gasteiger partial charge in [-0.2, -0.15) is 0 Å². The zero-order valence-corrected chi connectivity index (χ0v) is 32.4. The van der Waals surface area contributed by atoms with Crippen LogP contribution in [0.5, 0.6) is 0 Å². The Bertz CT molecular complexity index is 622. The highest BCUT2D eigenvalue weighted by Crippen LogP contribution is 2.15. The van der Waals surface area contributed by atoms with Crippen molar-refractivity contribution >= 4 is 11.9 Å². The second-order valence-corrected chi connectivity index (χ2v) is 14.3. The minimum Gasteiger partial charge on any atom is -1.00 e. The van der Waals surface area contributed by atoms with Gasteiger partial charge in [-0.15, -0.1) is 0 Å². The Labute approximate surface area is 292 Å². The molecule has 44 heavy (non-hydrogen) atoms. The van der Waals surface area contributed by atoms with Crippen molar-refractivity contribution in [1.29, 1.82) is 0 Å². The highest BCUT2D eigenvalue weighted by Gasteiger charge is 2.23. The van der Waals surface area contributed by atoms with Gasteiger partial charge in [0.25, 0.3) is 0 Å². The van der Waals surface area contributed by atoms with Crippen LogP contribution in [0, 0.1) is 0 Å². The molecule has 0 spiro atoms. The largest absolute Gasteiger partial charge is 1.00 e. The summed E-state index contributed by atoms with van der Waals surface area (Å²) in [6.45, 7) is 5.34. The topological polar surface area (TPSA) is 52.6 Å². The first-order chi connectivity index (χ1) is 20.8. The summed E-state index contributed by atoms with van der Waals surface area (Å²) in [6.07, 6.45) is 34.1. The molecule has 0 rings (SSSR count). The van der Waals surface area contributed by atoms with Gasteiger partial charge in [-0.3, -0.25) is 9.59 Å². The molecule has 0 amide bonds. The molecule has 0 aromatic heterocycles. The number of rotatable bonds is 33.